The lowest BCUT2D eigenvalue weighted by Gasteiger charge is -2.20. The summed E-state index contributed by atoms with van der Waals surface area (Å²) < 4.78 is 16.0. The van der Waals surface area contributed by atoms with Gasteiger partial charge in [-0.25, -0.2) is 0 Å². The lowest BCUT2D eigenvalue weighted by atomic mass is 10.1. The number of hydrogen-bond donors (Lipinski definition) is 1. The van der Waals surface area contributed by atoms with E-state index in [1.54, 1.807) is 18.4 Å². The molecule has 0 aliphatic carbocycles. The quantitative estimate of drug-likeness (QED) is 0.687. The van der Waals surface area contributed by atoms with E-state index in [0.717, 1.165) is 4.88 Å². The average Bonchev–Trinajstić information content (AvgIpc) is 2.81. The fraction of sp³-hybridized carbons (Fsp3) is 0.667. The monoisotopic (exact) mass is 259 g/mol. The van der Waals surface area contributed by atoms with Gasteiger partial charge in [-0.05, 0) is 18.4 Å². The van der Waals surface area contributed by atoms with Gasteiger partial charge in [0.15, 0.2) is 0 Å². The Balaban J connectivity index is 2.22. The number of nitrogens with two attached hydrogens (primary N) is 1. The molecule has 0 aromatic carbocycles. The van der Waals surface area contributed by atoms with Crippen LogP contribution in [0.5, 0.6) is 0 Å². The Morgan fingerprint density at radius 1 is 1.29 bits per heavy atom. The van der Waals surface area contributed by atoms with Gasteiger partial charge in [0.2, 0.25) is 0 Å². The topological polar surface area (TPSA) is 53.7 Å². The number of ether oxygens (including phenoxy) is 3. The van der Waals surface area contributed by atoms with Gasteiger partial charge in [0.25, 0.3) is 0 Å². The molecular weight excluding hydrogens is 238 g/mol. The summed E-state index contributed by atoms with van der Waals surface area (Å²) in [6, 6.07) is 4.03. The van der Waals surface area contributed by atoms with E-state index in [1.807, 2.05) is 24.4 Å². The van der Waals surface area contributed by atoms with E-state index in [1.165, 1.54) is 0 Å². The molecule has 0 amide bonds. The Morgan fingerprint density at radius 2 is 2.06 bits per heavy atom. The second-order valence-electron chi connectivity index (χ2n) is 3.77. The molecule has 0 spiro atoms. The van der Waals surface area contributed by atoms with E-state index < -0.39 is 0 Å². The van der Waals surface area contributed by atoms with Gasteiger partial charge in [-0.3, -0.25) is 0 Å². The molecule has 0 saturated carbocycles. The maximum atomic E-state index is 5.91. The van der Waals surface area contributed by atoms with E-state index in [2.05, 4.69) is 0 Å². The van der Waals surface area contributed by atoms with Crippen LogP contribution in [0, 0.1) is 0 Å². The summed E-state index contributed by atoms with van der Waals surface area (Å²) in [6.45, 7) is 4.28. The van der Waals surface area contributed by atoms with Crippen molar-refractivity contribution in [1.29, 1.82) is 0 Å². The molecule has 1 heterocycles. The van der Waals surface area contributed by atoms with E-state index in [4.69, 9.17) is 19.9 Å². The van der Waals surface area contributed by atoms with Crippen molar-refractivity contribution in [2.24, 2.45) is 5.73 Å². The van der Waals surface area contributed by atoms with Gasteiger partial charge in [-0.2, -0.15) is 0 Å². The van der Waals surface area contributed by atoms with Crippen molar-refractivity contribution in [3.63, 3.8) is 0 Å². The number of methoxy groups -OCH3 is 1. The molecule has 1 aromatic rings. The maximum absolute atomic E-state index is 5.91. The molecular formula is C12H21NO3S. The molecule has 0 bridgehead atoms. The second kappa shape index (κ2) is 8.60. The number of thiophene rings is 1. The minimum atomic E-state index is -0.0407. The minimum Gasteiger partial charge on any atom is -0.382 e. The standard InChI is InChI=1S/C12H21NO3S/c1-10(13)12(11-4-3-9-17-11)16-8-7-15-6-5-14-2/h3-4,9-10,12H,5-8,13H2,1-2H3. The van der Waals surface area contributed by atoms with Crippen molar-refractivity contribution in [2.45, 2.75) is 19.1 Å². The lowest BCUT2D eigenvalue weighted by molar-refractivity contribution is -0.0129. The van der Waals surface area contributed by atoms with Gasteiger partial charge < -0.3 is 19.9 Å². The highest BCUT2D eigenvalue weighted by atomic mass is 32.1. The van der Waals surface area contributed by atoms with Crippen molar-refractivity contribution < 1.29 is 14.2 Å². The summed E-state index contributed by atoms with van der Waals surface area (Å²) in [4.78, 5) is 1.16. The normalized spacial score (nSPS) is 14.8. The highest BCUT2D eigenvalue weighted by Gasteiger charge is 2.17. The second-order valence-corrected chi connectivity index (χ2v) is 4.75. The zero-order valence-electron chi connectivity index (χ0n) is 10.4. The first kappa shape index (κ1) is 14.6. The van der Waals surface area contributed by atoms with Crippen LogP contribution in [-0.4, -0.2) is 39.6 Å². The van der Waals surface area contributed by atoms with Crippen LogP contribution in [0.1, 0.15) is 17.9 Å². The minimum absolute atomic E-state index is 0.0207. The van der Waals surface area contributed by atoms with Crippen LogP contribution >= 0.6 is 11.3 Å². The van der Waals surface area contributed by atoms with Crippen molar-refractivity contribution in [1.82, 2.24) is 0 Å². The maximum Gasteiger partial charge on any atom is 0.106 e. The van der Waals surface area contributed by atoms with Gasteiger partial charge in [-0.1, -0.05) is 6.07 Å². The van der Waals surface area contributed by atoms with Gasteiger partial charge in [-0.15, -0.1) is 11.3 Å². The van der Waals surface area contributed by atoms with Crippen LogP contribution in [0.15, 0.2) is 17.5 Å². The Hall–Kier alpha value is -0.460. The molecule has 2 N–H and O–H groups in total. The Morgan fingerprint density at radius 3 is 2.65 bits per heavy atom. The molecule has 0 aliphatic rings. The molecule has 17 heavy (non-hydrogen) atoms. The van der Waals surface area contributed by atoms with E-state index >= 15 is 0 Å². The average molecular weight is 259 g/mol. The predicted molar refractivity (Wildman–Crippen MR) is 69.4 cm³/mol. The van der Waals surface area contributed by atoms with E-state index in [0.29, 0.717) is 26.4 Å². The van der Waals surface area contributed by atoms with Gasteiger partial charge in [0, 0.05) is 18.0 Å². The van der Waals surface area contributed by atoms with Crippen molar-refractivity contribution in [2.75, 3.05) is 33.5 Å². The zero-order chi connectivity index (χ0) is 12.5. The molecule has 0 radical (unpaired) electrons. The molecule has 2 atom stereocenters. The first-order valence-corrected chi connectivity index (χ1v) is 6.61. The van der Waals surface area contributed by atoms with Crippen LogP contribution in [0.2, 0.25) is 0 Å². The Kier molecular flexibility index (Phi) is 7.39. The molecule has 0 aliphatic heterocycles. The highest BCUT2D eigenvalue weighted by molar-refractivity contribution is 7.10. The smallest absolute Gasteiger partial charge is 0.106 e. The van der Waals surface area contributed by atoms with Crippen molar-refractivity contribution in [3.8, 4) is 0 Å². The van der Waals surface area contributed by atoms with Gasteiger partial charge in [0.1, 0.15) is 6.10 Å². The fourth-order valence-electron chi connectivity index (χ4n) is 1.42. The molecule has 0 fully saturated rings. The first-order chi connectivity index (χ1) is 8.25. The van der Waals surface area contributed by atoms with E-state index in [9.17, 15) is 0 Å². The van der Waals surface area contributed by atoms with Crippen LogP contribution in [0.25, 0.3) is 0 Å². The third-order valence-electron chi connectivity index (χ3n) is 2.26. The number of rotatable bonds is 9. The van der Waals surface area contributed by atoms with Crippen LogP contribution in [0.3, 0.4) is 0 Å². The van der Waals surface area contributed by atoms with Crippen molar-refractivity contribution in [3.05, 3.63) is 22.4 Å². The molecule has 1 rings (SSSR count). The molecule has 2 unspecified atom stereocenters. The third-order valence-corrected chi connectivity index (χ3v) is 3.19. The Bertz CT molecular complexity index is 277. The lowest BCUT2D eigenvalue weighted by Crippen LogP contribution is -2.27. The third kappa shape index (κ3) is 5.61. The van der Waals surface area contributed by atoms with Gasteiger partial charge >= 0.3 is 0 Å². The number of hydrogen-bond acceptors (Lipinski definition) is 5. The molecule has 5 heteroatoms. The predicted octanol–water partition coefficient (Wildman–Crippen LogP) is 1.82. The molecule has 98 valence electrons. The van der Waals surface area contributed by atoms with Gasteiger partial charge in [0.05, 0.1) is 26.4 Å². The summed E-state index contributed by atoms with van der Waals surface area (Å²) in [5, 5.41) is 2.03. The van der Waals surface area contributed by atoms with Crippen LogP contribution < -0.4 is 5.73 Å². The zero-order valence-corrected chi connectivity index (χ0v) is 11.2. The molecule has 1 aromatic heterocycles. The van der Waals surface area contributed by atoms with E-state index in [-0.39, 0.29) is 12.1 Å². The van der Waals surface area contributed by atoms with Crippen LogP contribution in [0.4, 0.5) is 0 Å². The molecule has 0 saturated heterocycles. The summed E-state index contributed by atoms with van der Waals surface area (Å²) in [5.41, 5.74) is 5.91. The summed E-state index contributed by atoms with van der Waals surface area (Å²) >= 11 is 1.67. The van der Waals surface area contributed by atoms with Crippen molar-refractivity contribution >= 4 is 11.3 Å². The first-order valence-electron chi connectivity index (χ1n) is 5.73. The fourth-order valence-corrected chi connectivity index (χ4v) is 2.31. The summed E-state index contributed by atoms with van der Waals surface area (Å²) in [7, 11) is 1.66. The SMILES string of the molecule is COCCOCCOC(c1cccs1)C(C)N. The largest absolute Gasteiger partial charge is 0.382 e. The Labute approximate surface area is 107 Å². The van der Waals surface area contributed by atoms with Crippen LogP contribution in [-0.2, 0) is 14.2 Å². The summed E-state index contributed by atoms with van der Waals surface area (Å²) in [6.07, 6.45) is -0.0407. The summed E-state index contributed by atoms with van der Waals surface area (Å²) in [5.74, 6) is 0. The molecule has 4 nitrogen and oxygen atoms in total. The highest BCUT2D eigenvalue weighted by Crippen LogP contribution is 2.24.